The summed E-state index contributed by atoms with van der Waals surface area (Å²) in [5, 5.41) is 21.0. The monoisotopic (exact) mass is 283 g/mol. The predicted octanol–water partition coefficient (Wildman–Crippen LogP) is 2.65. The molecule has 0 bridgehead atoms. The maximum absolute atomic E-state index is 10.9. The Bertz CT molecular complexity index is 557. The molecule has 2 rings (SSSR count). The second-order valence-corrected chi connectivity index (χ2v) is 5.77. The molecule has 0 unspecified atom stereocenters. The zero-order chi connectivity index (χ0) is 13.1. The molecule has 0 radical (unpaired) electrons. The van der Waals surface area contributed by atoms with Crippen LogP contribution in [-0.4, -0.2) is 20.0 Å². The summed E-state index contributed by atoms with van der Waals surface area (Å²) < 4.78 is 0.497. The topological polar surface area (TPSA) is 89.2 Å². The highest BCUT2D eigenvalue weighted by molar-refractivity contribution is 8.01. The summed E-state index contributed by atoms with van der Waals surface area (Å²) in [7, 11) is 0. The first-order valence-electron chi connectivity index (χ1n) is 4.98. The van der Waals surface area contributed by atoms with Crippen molar-refractivity contribution in [1.29, 1.82) is 0 Å². The number of aliphatic hydroxyl groups is 1. The molecule has 0 aliphatic rings. The molecule has 0 saturated heterocycles. The van der Waals surface area contributed by atoms with Gasteiger partial charge in [-0.2, -0.15) is 0 Å². The summed E-state index contributed by atoms with van der Waals surface area (Å²) in [5.74, 6) is 0. The maximum atomic E-state index is 10.9. The number of hydrogen-bond donors (Lipinski definition) is 1. The molecule has 2 aromatic heterocycles. The van der Waals surface area contributed by atoms with Crippen molar-refractivity contribution in [3.63, 3.8) is 0 Å². The first kappa shape index (κ1) is 12.9. The van der Waals surface area contributed by atoms with E-state index in [1.807, 2.05) is 0 Å². The number of nitro groups is 1. The lowest BCUT2D eigenvalue weighted by atomic mass is 10.3. The van der Waals surface area contributed by atoms with Crippen LogP contribution in [0.25, 0.3) is 0 Å². The Kier molecular flexibility index (Phi) is 3.90. The van der Waals surface area contributed by atoms with E-state index in [9.17, 15) is 15.2 Å². The molecule has 0 aliphatic carbocycles. The molecule has 1 atom stereocenters. The minimum absolute atomic E-state index is 0.00782. The number of nitrogens with zero attached hydrogens (tertiary/aromatic N) is 3. The van der Waals surface area contributed by atoms with Crippen LogP contribution in [0.5, 0.6) is 0 Å². The molecule has 0 spiro atoms. The second-order valence-electron chi connectivity index (χ2n) is 3.40. The van der Waals surface area contributed by atoms with Gasteiger partial charge >= 0.3 is 0 Å². The SMILES string of the molecule is C[C@H](O)c1cc([N+](=O)[O-])c(Sc2cnccn2)s1. The minimum Gasteiger partial charge on any atom is -0.388 e. The van der Waals surface area contributed by atoms with Crippen LogP contribution in [0.3, 0.4) is 0 Å². The largest absolute Gasteiger partial charge is 0.388 e. The molecule has 2 heterocycles. The van der Waals surface area contributed by atoms with Crippen molar-refractivity contribution in [3.8, 4) is 0 Å². The molecular weight excluding hydrogens is 274 g/mol. The Morgan fingerprint density at radius 2 is 2.33 bits per heavy atom. The zero-order valence-corrected chi connectivity index (χ0v) is 10.9. The van der Waals surface area contributed by atoms with Gasteiger partial charge in [0.15, 0.2) is 0 Å². The highest BCUT2D eigenvalue weighted by Crippen LogP contribution is 2.42. The first-order valence-corrected chi connectivity index (χ1v) is 6.61. The van der Waals surface area contributed by atoms with Crippen LogP contribution in [0.4, 0.5) is 5.69 Å². The van der Waals surface area contributed by atoms with Gasteiger partial charge in [-0.05, 0) is 6.92 Å². The van der Waals surface area contributed by atoms with Crippen molar-refractivity contribution in [1.82, 2.24) is 9.97 Å². The van der Waals surface area contributed by atoms with E-state index < -0.39 is 11.0 Å². The highest BCUT2D eigenvalue weighted by Gasteiger charge is 2.22. The van der Waals surface area contributed by atoms with Crippen LogP contribution in [0.2, 0.25) is 0 Å². The van der Waals surface area contributed by atoms with E-state index in [4.69, 9.17) is 0 Å². The lowest BCUT2D eigenvalue weighted by molar-refractivity contribution is -0.387. The van der Waals surface area contributed by atoms with Gasteiger partial charge in [-0.1, -0.05) is 11.8 Å². The smallest absolute Gasteiger partial charge is 0.294 e. The third-order valence-electron chi connectivity index (χ3n) is 2.04. The van der Waals surface area contributed by atoms with Crippen LogP contribution in [0.1, 0.15) is 17.9 Å². The van der Waals surface area contributed by atoms with E-state index in [0.29, 0.717) is 14.1 Å². The lowest BCUT2D eigenvalue weighted by Crippen LogP contribution is -1.88. The van der Waals surface area contributed by atoms with Gasteiger partial charge in [-0.25, -0.2) is 4.98 Å². The second kappa shape index (κ2) is 5.42. The van der Waals surface area contributed by atoms with E-state index in [1.165, 1.54) is 47.8 Å². The highest BCUT2D eigenvalue weighted by atomic mass is 32.2. The van der Waals surface area contributed by atoms with E-state index in [-0.39, 0.29) is 5.69 Å². The van der Waals surface area contributed by atoms with Crippen molar-refractivity contribution < 1.29 is 10.0 Å². The summed E-state index contributed by atoms with van der Waals surface area (Å²) in [6.07, 6.45) is 3.88. The molecule has 0 fully saturated rings. The van der Waals surface area contributed by atoms with Crippen LogP contribution >= 0.6 is 23.1 Å². The molecule has 1 N–H and O–H groups in total. The minimum atomic E-state index is -0.718. The van der Waals surface area contributed by atoms with Gasteiger partial charge in [0.05, 0.1) is 17.2 Å². The van der Waals surface area contributed by atoms with Crippen molar-refractivity contribution in [2.45, 2.75) is 22.3 Å². The number of hydrogen-bond acceptors (Lipinski definition) is 7. The first-order chi connectivity index (χ1) is 8.58. The summed E-state index contributed by atoms with van der Waals surface area (Å²) in [6.45, 7) is 1.58. The summed E-state index contributed by atoms with van der Waals surface area (Å²) >= 11 is 2.37. The average Bonchev–Trinajstić information content (AvgIpc) is 2.74. The predicted molar refractivity (Wildman–Crippen MR) is 67.8 cm³/mol. The molecular formula is C10H9N3O3S2. The van der Waals surface area contributed by atoms with Crippen LogP contribution in [-0.2, 0) is 0 Å². The zero-order valence-electron chi connectivity index (χ0n) is 9.31. The molecule has 0 aromatic carbocycles. The van der Waals surface area contributed by atoms with Gasteiger partial charge in [-0.3, -0.25) is 15.1 Å². The molecule has 18 heavy (non-hydrogen) atoms. The van der Waals surface area contributed by atoms with Crippen molar-refractivity contribution in [2.75, 3.05) is 0 Å². The number of aromatic nitrogens is 2. The van der Waals surface area contributed by atoms with E-state index >= 15 is 0 Å². The Morgan fingerprint density at radius 1 is 1.56 bits per heavy atom. The van der Waals surface area contributed by atoms with E-state index in [2.05, 4.69) is 9.97 Å². The van der Waals surface area contributed by atoms with Crippen LogP contribution in [0, 0.1) is 10.1 Å². The third kappa shape index (κ3) is 2.84. The Balaban J connectivity index is 2.34. The number of rotatable bonds is 4. The normalized spacial score (nSPS) is 12.3. The van der Waals surface area contributed by atoms with Gasteiger partial charge in [0.25, 0.3) is 5.69 Å². The summed E-state index contributed by atoms with van der Waals surface area (Å²) in [4.78, 5) is 19.0. The van der Waals surface area contributed by atoms with Crippen LogP contribution in [0.15, 0.2) is 33.9 Å². The van der Waals surface area contributed by atoms with Gasteiger partial charge in [0, 0.05) is 23.3 Å². The molecule has 0 aliphatic heterocycles. The fourth-order valence-electron chi connectivity index (χ4n) is 1.22. The standard InChI is InChI=1S/C10H9N3O3S2/c1-6(14)8-4-7(13(15)16)10(17-8)18-9-5-11-2-3-12-9/h2-6,14H,1H3/t6-/m0/s1. The number of aliphatic hydroxyl groups excluding tert-OH is 1. The molecule has 94 valence electrons. The molecule has 2 aromatic rings. The van der Waals surface area contributed by atoms with Crippen LogP contribution < -0.4 is 0 Å². The molecule has 6 nitrogen and oxygen atoms in total. The quantitative estimate of drug-likeness (QED) is 0.685. The van der Waals surface area contributed by atoms with Gasteiger partial charge in [-0.15, -0.1) is 11.3 Å². The van der Waals surface area contributed by atoms with E-state index in [0.717, 1.165) is 0 Å². The van der Waals surface area contributed by atoms with E-state index in [1.54, 1.807) is 6.92 Å². The fraction of sp³-hybridized carbons (Fsp3) is 0.200. The average molecular weight is 283 g/mol. The summed E-state index contributed by atoms with van der Waals surface area (Å²) in [6, 6.07) is 1.40. The Morgan fingerprint density at radius 3 is 2.89 bits per heavy atom. The van der Waals surface area contributed by atoms with Crippen molar-refractivity contribution in [2.24, 2.45) is 0 Å². The van der Waals surface area contributed by atoms with Crippen molar-refractivity contribution >= 4 is 28.8 Å². The fourth-order valence-corrected chi connectivity index (χ4v) is 3.38. The summed E-state index contributed by atoms with van der Waals surface area (Å²) in [5.41, 5.74) is -0.00782. The third-order valence-corrected chi connectivity index (χ3v) is 4.45. The molecule has 8 heteroatoms. The Hall–Kier alpha value is -1.51. The van der Waals surface area contributed by atoms with Gasteiger partial charge in [0.1, 0.15) is 9.24 Å². The Labute approximate surface area is 111 Å². The van der Waals surface area contributed by atoms with Gasteiger partial charge < -0.3 is 5.11 Å². The maximum Gasteiger partial charge on any atom is 0.294 e. The number of thiophene rings is 1. The molecule has 0 saturated carbocycles. The lowest BCUT2D eigenvalue weighted by Gasteiger charge is -1.97. The van der Waals surface area contributed by atoms with Crippen molar-refractivity contribution in [3.05, 3.63) is 39.6 Å². The molecule has 0 amide bonds. The van der Waals surface area contributed by atoms with Gasteiger partial charge in [0.2, 0.25) is 0 Å².